The van der Waals surface area contributed by atoms with Crippen LogP contribution >= 0.6 is 23.2 Å². The Morgan fingerprint density at radius 3 is 2.75 bits per heavy atom. The highest BCUT2D eigenvalue weighted by Crippen LogP contribution is 2.22. The average molecular weight is 320 g/mol. The quantitative estimate of drug-likeness (QED) is 0.839. The molecule has 112 valence electrons. The first-order chi connectivity index (χ1) is 9.43. The van der Waals surface area contributed by atoms with Crippen LogP contribution in [-0.2, 0) is 16.0 Å². The minimum atomic E-state index is -0.673. The molecule has 0 aliphatic heterocycles. The molecular weight excluding hydrogens is 301 g/mol. The van der Waals surface area contributed by atoms with E-state index in [0.717, 1.165) is 5.56 Å². The van der Waals surface area contributed by atoms with Crippen LogP contribution in [-0.4, -0.2) is 49.3 Å². The summed E-state index contributed by atoms with van der Waals surface area (Å²) in [4.78, 5) is 13.4. The molecule has 0 aromatic heterocycles. The Morgan fingerprint density at radius 2 is 2.15 bits per heavy atom. The number of rotatable bonds is 7. The fourth-order valence-electron chi connectivity index (χ4n) is 1.82. The molecule has 20 heavy (non-hydrogen) atoms. The van der Waals surface area contributed by atoms with E-state index in [2.05, 4.69) is 0 Å². The van der Waals surface area contributed by atoms with Gasteiger partial charge in [-0.05, 0) is 24.1 Å². The maximum absolute atomic E-state index is 11.9. The summed E-state index contributed by atoms with van der Waals surface area (Å²) in [7, 11) is 3.16. The van der Waals surface area contributed by atoms with Gasteiger partial charge in [0.15, 0.2) is 0 Å². The summed E-state index contributed by atoms with van der Waals surface area (Å²) in [5.41, 5.74) is 0.884. The first-order valence-corrected chi connectivity index (χ1v) is 7.04. The largest absolute Gasteiger partial charge is 0.389 e. The number of methoxy groups -OCH3 is 1. The molecule has 0 spiro atoms. The van der Waals surface area contributed by atoms with Gasteiger partial charge < -0.3 is 14.7 Å². The van der Waals surface area contributed by atoms with Gasteiger partial charge in [-0.15, -0.1) is 0 Å². The molecule has 1 aromatic carbocycles. The number of aliphatic hydroxyl groups is 1. The molecule has 1 unspecified atom stereocenters. The zero-order valence-electron chi connectivity index (χ0n) is 11.6. The summed E-state index contributed by atoms with van der Waals surface area (Å²) in [5.74, 6) is -0.0498. The summed E-state index contributed by atoms with van der Waals surface area (Å²) in [6.07, 6.45) is 0.199. The predicted molar refractivity (Wildman–Crippen MR) is 80.3 cm³/mol. The molecule has 1 aromatic rings. The lowest BCUT2D eigenvalue weighted by molar-refractivity contribution is -0.131. The molecule has 1 atom stereocenters. The second-order valence-electron chi connectivity index (χ2n) is 4.62. The number of aliphatic hydroxyl groups excluding tert-OH is 1. The Bertz CT molecular complexity index is 454. The second kappa shape index (κ2) is 8.47. The van der Waals surface area contributed by atoms with Crippen LogP contribution in [0, 0.1) is 0 Å². The maximum Gasteiger partial charge on any atom is 0.222 e. The number of carbonyl (C=O) groups is 1. The third kappa shape index (κ3) is 5.67. The van der Waals surface area contributed by atoms with Crippen molar-refractivity contribution in [1.82, 2.24) is 4.90 Å². The molecule has 0 heterocycles. The Morgan fingerprint density at radius 1 is 1.45 bits per heavy atom. The number of nitrogens with zero attached hydrogens (tertiary/aromatic N) is 1. The van der Waals surface area contributed by atoms with Crippen molar-refractivity contribution < 1.29 is 14.6 Å². The standard InChI is InChI=1S/C14H19Cl2NO3/c1-17(8-12(18)9-20-2)14(19)6-4-10-3-5-11(15)7-13(10)16/h3,5,7,12,18H,4,6,8-9H2,1-2H3. The molecule has 0 bridgehead atoms. The first kappa shape index (κ1) is 17.2. The fourth-order valence-corrected chi connectivity index (χ4v) is 2.32. The molecule has 1 amide bonds. The zero-order chi connectivity index (χ0) is 15.1. The highest BCUT2D eigenvalue weighted by molar-refractivity contribution is 6.35. The van der Waals surface area contributed by atoms with Crippen LogP contribution in [0.1, 0.15) is 12.0 Å². The molecule has 0 aliphatic rings. The lowest BCUT2D eigenvalue weighted by Gasteiger charge is -2.20. The number of halogens is 2. The third-order valence-electron chi connectivity index (χ3n) is 2.89. The first-order valence-electron chi connectivity index (χ1n) is 6.29. The number of likely N-dealkylation sites (N-methyl/N-ethyl adjacent to an activating group) is 1. The van der Waals surface area contributed by atoms with Gasteiger partial charge in [0.05, 0.1) is 12.7 Å². The summed E-state index contributed by atoms with van der Waals surface area (Å²) in [6.45, 7) is 0.460. The van der Waals surface area contributed by atoms with Crippen LogP contribution in [0.2, 0.25) is 10.0 Å². The van der Waals surface area contributed by atoms with Gasteiger partial charge in [-0.2, -0.15) is 0 Å². The van der Waals surface area contributed by atoms with Crippen molar-refractivity contribution in [2.24, 2.45) is 0 Å². The minimum absolute atomic E-state index is 0.0498. The van der Waals surface area contributed by atoms with Crippen molar-refractivity contribution >= 4 is 29.1 Å². The van der Waals surface area contributed by atoms with Gasteiger partial charge in [-0.3, -0.25) is 4.79 Å². The molecule has 4 nitrogen and oxygen atoms in total. The molecule has 1 rings (SSSR count). The molecule has 0 fully saturated rings. The number of benzene rings is 1. The van der Waals surface area contributed by atoms with Crippen molar-refractivity contribution in [3.05, 3.63) is 33.8 Å². The summed E-state index contributed by atoms with van der Waals surface area (Å²) < 4.78 is 4.82. The Balaban J connectivity index is 2.46. The highest BCUT2D eigenvalue weighted by Gasteiger charge is 2.14. The van der Waals surface area contributed by atoms with E-state index in [1.807, 2.05) is 6.07 Å². The topological polar surface area (TPSA) is 49.8 Å². The number of aryl methyl sites for hydroxylation is 1. The summed E-state index contributed by atoms with van der Waals surface area (Å²) in [6, 6.07) is 5.23. The van der Waals surface area contributed by atoms with E-state index in [1.165, 1.54) is 12.0 Å². The summed E-state index contributed by atoms with van der Waals surface area (Å²) >= 11 is 11.9. The van der Waals surface area contributed by atoms with Crippen LogP contribution in [0.5, 0.6) is 0 Å². The van der Waals surface area contributed by atoms with Crippen LogP contribution < -0.4 is 0 Å². The maximum atomic E-state index is 11.9. The summed E-state index contributed by atoms with van der Waals surface area (Å²) in [5, 5.41) is 10.7. The van der Waals surface area contributed by atoms with Crippen LogP contribution in [0.15, 0.2) is 18.2 Å². The second-order valence-corrected chi connectivity index (χ2v) is 5.46. The molecule has 0 aliphatic carbocycles. The third-order valence-corrected chi connectivity index (χ3v) is 3.48. The molecule has 1 N–H and O–H groups in total. The SMILES string of the molecule is COCC(O)CN(C)C(=O)CCc1ccc(Cl)cc1Cl. The number of carbonyl (C=O) groups excluding carboxylic acids is 1. The van der Waals surface area contributed by atoms with Crippen molar-refractivity contribution in [3.63, 3.8) is 0 Å². The Labute approximate surface area is 129 Å². The Kier molecular flexibility index (Phi) is 7.30. The van der Waals surface area contributed by atoms with Gasteiger partial charge in [0.1, 0.15) is 0 Å². The zero-order valence-corrected chi connectivity index (χ0v) is 13.1. The molecule has 0 saturated carbocycles. The molecular formula is C14H19Cl2NO3. The van der Waals surface area contributed by atoms with E-state index < -0.39 is 6.10 Å². The van der Waals surface area contributed by atoms with E-state index in [4.69, 9.17) is 27.9 Å². The average Bonchev–Trinajstić information content (AvgIpc) is 2.37. The van der Waals surface area contributed by atoms with Gasteiger partial charge in [-0.25, -0.2) is 0 Å². The highest BCUT2D eigenvalue weighted by atomic mass is 35.5. The monoisotopic (exact) mass is 319 g/mol. The van der Waals surface area contributed by atoms with Crippen LogP contribution in [0.25, 0.3) is 0 Å². The van der Waals surface area contributed by atoms with Crippen LogP contribution in [0.3, 0.4) is 0 Å². The number of hydrogen-bond donors (Lipinski definition) is 1. The van der Waals surface area contributed by atoms with Crippen LogP contribution in [0.4, 0.5) is 0 Å². The van der Waals surface area contributed by atoms with Gasteiger partial charge in [0.25, 0.3) is 0 Å². The van der Waals surface area contributed by atoms with Gasteiger partial charge in [0, 0.05) is 37.2 Å². The van der Waals surface area contributed by atoms with Gasteiger partial charge in [-0.1, -0.05) is 29.3 Å². The van der Waals surface area contributed by atoms with Gasteiger partial charge >= 0.3 is 0 Å². The molecule has 0 radical (unpaired) electrons. The minimum Gasteiger partial charge on any atom is -0.389 e. The lowest BCUT2D eigenvalue weighted by atomic mass is 10.1. The van der Waals surface area contributed by atoms with E-state index in [9.17, 15) is 9.90 Å². The molecule has 6 heteroatoms. The predicted octanol–water partition coefficient (Wildman–Crippen LogP) is 2.39. The Hall–Kier alpha value is -0.810. The van der Waals surface area contributed by atoms with Crippen molar-refractivity contribution in [3.8, 4) is 0 Å². The van der Waals surface area contributed by atoms with Gasteiger partial charge in [0.2, 0.25) is 5.91 Å². The van der Waals surface area contributed by atoms with E-state index >= 15 is 0 Å². The number of ether oxygens (including phenoxy) is 1. The lowest BCUT2D eigenvalue weighted by Crippen LogP contribution is -2.36. The van der Waals surface area contributed by atoms with Crippen molar-refractivity contribution in [1.29, 1.82) is 0 Å². The van der Waals surface area contributed by atoms with Crippen molar-refractivity contribution in [2.75, 3.05) is 27.3 Å². The molecule has 0 saturated heterocycles. The number of hydrogen-bond acceptors (Lipinski definition) is 3. The number of amides is 1. The van der Waals surface area contributed by atoms with E-state index in [1.54, 1.807) is 19.2 Å². The van der Waals surface area contributed by atoms with Crippen molar-refractivity contribution in [2.45, 2.75) is 18.9 Å². The smallest absolute Gasteiger partial charge is 0.222 e. The normalized spacial score (nSPS) is 12.2. The fraction of sp³-hybridized carbons (Fsp3) is 0.500. The van der Waals surface area contributed by atoms with E-state index in [-0.39, 0.29) is 19.1 Å². The van der Waals surface area contributed by atoms with E-state index in [0.29, 0.717) is 22.9 Å².